The van der Waals surface area contributed by atoms with Gasteiger partial charge in [-0.25, -0.2) is 8.42 Å². The maximum absolute atomic E-state index is 9.99. The van der Waals surface area contributed by atoms with E-state index >= 15 is 0 Å². The Hall–Kier alpha value is -0.553. The molecule has 0 aromatic rings. The minimum Gasteiger partial charge on any atom is -0.726 e. The molecule has 0 spiro atoms. The summed E-state index contributed by atoms with van der Waals surface area (Å²) >= 11 is 0. The fourth-order valence-electron chi connectivity index (χ4n) is 0.511. The molecule has 0 aliphatic heterocycles. The third kappa shape index (κ3) is 9.36. The van der Waals surface area contributed by atoms with Crippen molar-refractivity contribution in [1.82, 2.24) is 0 Å². The molecule has 0 unspecified atom stereocenters. The van der Waals surface area contributed by atoms with Crippen molar-refractivity contribution in [2.75, 3.05) is 0 Å². The van der Waals surface area contributed by atoms with Crippen molar-refractivity contribution < 1.29 is 36.0 Å². The Balaban J connectivity index is 0. The van der Waals surface area contributed by atoms with E-state index in [0.29, 0.717) is 0 Å². The van der Waals surface area contributed by atoms with Crippen molar-refractivity contribution in [3.05, 3.63) is 0 Å². The van der Waals surface area contributed by atoms with Crippen LogP contribution in [-0.2, 0) is 14.6 Å². The summed E-state index contributed by atoms with van der Waals surface area (Å²) < 4.78 is 33.9. The van der Waals surface area contributed by atoms with Gasteiger partial charge in [-0.15, -0.1) is 0 Å². The second-order valence-corrected chi connectivity index (χ2v) is 2.86. The van der Waals surface area contributed by atoms with Gasteiger partial charge >= 0.3 is 18.9 Å². The van der Waals surface area contributed by atoms with Crippen LogP contribution in [0.4, 0.5) is 0 Å². The molecule has 0 bridgehead atoms. The van der Waals surface area contributed by atoms with Crippen molar-refractivity contribution >= 4 is 10.4 Å². The van der Waals surface area contributed by atoms with Gasteiger partial charge in [0.1, 0.15) is 6.10 Å². The summed E-state index contributed by atoms with van der Waals surface area (Å²) in [5, 5.41) is 16.2. The normalized spacial score (nSPS) is 9.85. The predicted octanol–water partition coefficient (Wildman–Crippen LogP) is -3.34. The molecule has 66 valence electrons. The van der Waals surface area contributed by atoms with Gasteiger partial charge in [0, 0.05) is 0 Å². The summed E-state index contributed by atoms with van der Waals surface area (Å²) in [6.07, 6.45) is -1.74. The number of hydrogen-bond donors (Lipinski definition) is 0. The molecule has 0 rings (SSSR count). The first-order valence-electron chi connectivity index (χ1n) is 2.87. The van der Waals surface area contributed by atoms with E-state index in [2.05, 4.69) is 4.18 Å². The Morgan fingerprint density at radius 2 is 1.69 bits per heavy atom. The maximum Gasteiger partial charge on any atom is 1.00 e. The molecule has 0 atom stereocenters. The maximum atomic E-state index is 9.99. The van der Waals surface area contributed by atoms with E-state index in [0.717, 1.165) is 0 Å². The Kier molecular flexibility index (Phi) is 7.94. The molecular weight excluding hydrogens is 191 g/mol. The van der Waals surface area contributed by atoms with Crippen molar-refractivity contribution in [1.29, 1.82) is 10.5 Å². The molecule has 0 N–H and O–H groups in total. The van der Waals surface area contributed by atoms with Crippen LogP contribution in [0.1, 0.15) is 12.8 Å². The SMILES string of the molecule is N#CCC(CC#N)OS(=O)(=O)[O-].[Li+]. The summed E-state index contributed by atoms with van der Waals surface area (Å²) in [5.41, 5.74) is 0. The Morgan fingerprint density at radius 1 is 1.31 bits per heavy atom. The Bertz CT molecular complexity index is 298. The first-order valence-corrected chi connectivity index (χ1v) is 4.21. The molecule has 0 saturated carbocycles. The van der Waals surface area contributed by atoms with Crippen LogP contribution in [0.5, 0.6) is 0 Å². The van der Waals surface area contributed by atoms with E-state index in [4.69, 9.17) is 10.5 Å². The van der Waals surface area contributed by atoms with Gasteiger partial charge in [-0.3, -0.25) is 4.18 Å². The van der Waals surface area contributed by atoms with Crippen LogP contribution >= 0.6 is 0 Å². The topological polar surface area (TPSA) is 114 Å². The van der Waals surface area contributed by atoms with E-state index in [1.54, 1.807) is 12.1 Å². The first-order chi connectivity index (χ1) is 5.49. The summed E-state index contributed by atoms with van der Waals surface area (Å²) in [6.45, 7) is 0. The number of nitriles is 2. The number of hydrogen-bond acceptors (Lipinski definition) is 6. The van der Waals surface area contributed by atoms with Crippen LogP contribution < -0.4 is 18.9 Å². The first kappa shape index (κ1) is 14.9. The van der Waals surface area contributed by atoms with E-state index in [9.17, 15) is 13.0 Å². The largest absolute Gasteiger partial charge is 1.00 e. The fraction of sp³-hybridized carbons (Fsp3) is 0.600. The van der Waals surface area contributed by atoms with Crippen molar-refractivity contribution in [2.45, 2.75) is 18.9 Å². The minimum atomic E-state index is -4.82. The zero-order valence-corrected chi connectivity index (χ0v) is 7.74. The van der Waals surface area contributed by atoms with Gasteiger partial charge in [0.15, 0.2) is 0 Å². The second kappa shape index (κ2) is 6.91. The zero-order valence-electron chi connectivity index (χ0n) is 6.93. The van der Waals surface area contributed by atoms with E-state index in [1.165, 1.54) is 0 Å². The Morgan fingerprint density at radius 3 is 1.92 bits per heavy atom. The molecule has 0 amide bonds. The monoisotopic (exact) mass is 196 g/mol. The molecule has 0 aliphatic carbocycles. The minimum absolute atomic E-state index is 0. The summed E-state index contributed by atoms with van der Waals surface area (Å²) in [6, 6.07) is 3.19. The molecular formula is C5H5LiN2O4S. The van der Waals surface area contributed by atoms with Crippen LogP contribution in [0.25, 0.3) is 0 Å². The summed E-state index contributed by atoms with van der Waals surface area (Å²) in [5.74, 6) is 0. The summed E-state index contributed by atoms with van der Waals surface area (Å²) in [4.78, 5) is 0. The molecule has 0 aliphatic rings. The quantitative estimate of drug-likeness (QED) is 0.264. The van der Waals surface area contributed by atoms with Crippen molar-refractivity contribution in [2.24, 2.45) is 0 Å². The smallest absolute Gasteiger partial charge is 0.726 e. The summed E-state index contributed by atoms with van der Waals surface area (Å²) in [7, 11) is -4.82. The number of rotatable bonds is 4. The van der Waals surface area contributed by atoms with E-state index < -0.39 is 16.5 Å². The second-order valence-electron chi connectivity index (χ2n) is 1.85. The van der Waals surface area contributed by atoms with E-state index in [1.807, 2.05) is 0 Å². The van der Waals surface area contributed by atoms with Gasteiger partial charge in [-0.05, 0) is 0 Å². The fourth-order valence-corrected chi connectivity index (χ4v) is 0.980. The Labute approximate surface area is 88.2 Å². The van der Waals surface area contributed by atoms with Crippen LogP contribution in [0.3, 0.4) is 0 Å². The van der Waals surface area contributed by atoms with Crippen molar-refractivity contribution in [3.63, 3.8) is 0 Å². The van der Waals surface area contributed by atoms with Crippen molar-refractivity contribution in [3.8, 4) is 12.1 Å². The van der Waals surface area contributed by atoms with Crippen LogP contribution in [0.2, 0.25) is 0 Å². The molecule has 0 radical (unpaired) electrons. The molecule has 13 heavy (non-hydrogen) atoms. The van der Waals surface area contributed by atoms with Gasteiger partial charge in [-0.1, -0.05) is 0 Å². The zero-order chi connectivity index (χ0) is 9.61. The van der Waals surface area contributed by atoms with Gasteiger partial charge in [0.25, 0.3) is 0 Å². The molecule has 0 fully saturated rings. The van der Waals surface area contributed by atoms with Gasteiger partial charge in [0.2, 0.25) is 10.4 Å². The van der Waals surface area contributed by atoms with Gasteiger partial charge in [-0.2, -0.15) is 10.5 Å². The van der Waals surface area contributed by atoms with Crippen LogP contribution in [-0.4, -0.2) is 19.1 Å². The molecule has 0 heterocycles. The van der Waals surface area contributed by atoms with Gasteiger partial charge in [0.05, 0.1) is 25.0 Å². The molecule has 0 aromatic carbocycles. The molecule has 0 aromatic heterocycles. The van der Waals surface area contributed by atoms with Gasteiger partial charge < -0.3 is 4.55 Å². The average molecular weight is 196 g/mol. The standard InChI is InChI=1S/C5H6N2O4S.Li/c6-3-1-5(2-4-7)11-12(8,9)10;/h5H,1-2H2,(H,8,9,10);/q;+1/p-1. The number of nitrogens with zero attached hydrogens (tertiary/aromatic N) is 2. The van der Waals surface area contributed by atoms with E-state index in [-0.39, 0.29) is 31.7 Å². The van der Waals surface area contributed by atoms with Crippen LogP contribution in [0.15, 0.2) is 0 Å². The predicted molar refractivity (Wildman–Crippen MR) is 35.0 cm³/mol. The third-order valence-corrected chi connectivity index (χ3v) is 1.40. The molecule has 6 nitrogen and oxygen atoms in total. The molecule has 8 heteroatoms. The average Bonchev–Trinajstić information content (AvgIpc) is 1.84. The molecule has 0 saturated heterocycles. The van der Waals surface area contributed by atoms with Crippen LogP contribution in [0, 0.1) is 22.7 Å². The third-order valence-electron chi connectivity index (χ3n) is 0.892.